The third-order valence-electron chi connectivity index (χ3n) is 5.14. The first-order valence-corrected chi connectivity index (χ1v) is 9.41. The van der Waals surface area contributed by atoms with E-state index in [4.69, 9.17) is 5.10 Å². The number of nitrogens with zero attached hydrogens (tertiary/aromatic N) is 3. The molecule has 142 valence electrons. The van der Waals surface area contributed by atoms with Gasteiger partial charge in [-0.25, -0.2) is 9.07 Å². The van der Waals surface area contributed by atoms with Gasteiger partial charge < -0.3 is 0 Å². The van der Waals surface area contributed by atoms with Crippen molar-refractivity contribution in [3.63, 3.8) is 0 Å². The van der Waals surface area contributed by atoms with Crippen molar-refractivity contribution in [2.24, 2.45) is 0 Å². The lowest BCUT2D eigenvalue weighted by Gasteiger charge is -2.13. The summed E-state index contributed by atoms with van der Waals surface area (Å²) in [6, 6.07) is 16.1. The van der Waals surface area contributed by atoms with Gasteiger partial charge in [0.2, 0.25) is 0 Å². The standard InChI is InChI=1S/C23H22FN3O/c1-4-17-7-11-20(12-8-17)27-23-22(16(3)25-27)15(2)13-21(28)26(23)14-18-5-9-19(24)10-6-18/h5-13H,4,14H2,1-3H3. The number of aromatic nitrogens is 3. The van der Waals surface area contributed by atoms with Crippen LogP contribution >= 0.6 is 0 Å². The van der Waals surface area contributed by atoms with Gasteiger partial charge in [-0.3, -0.25) is 9.36 Å². The molecule has 0 N–H and O–H groups in total. The van der Waals surface area contributed by atoms with Gasteiger partial charge in [0, 0.05) is 11.5 Å². The van der Waals surface area contributed by atoms with Crippen LogP contribution in [-0.4, -0.2) is 14.3 Å². The summed E-state index contributed by atoms with van der Waals surface area (Å²) in [6.45, 7) is 6.37. The van der Waals surface area contributed by atoms with E-state index in [2.05, 4.69) is 19.1 Å². The Morgan fingerprint density at radius 2 is 1.61 bits per heavy atom. The van der Waals surface area contributed by atoms with Crippen LogP contribution in [0.1, 0.15) is 29.3 Å². The second-order valence-corrected chi connectivity index (χ2v) is 7.09. The minimum Gasteiger partial charge on any atom is -0.288 e. The molecule has 0 amide bonds. The zero-order valence-electron chi connectivity index (χ0n) is 16.2. The highest BCUT2D eigenvalue weighted by Crippen LogP contribution is 2.24. The largest absolute Gasteiger partial charge is 0.288 e. The Bertz CT molecular complexity index is 1200. The van der Waals surface area contributed by atoms with Crippen LogP contribution in [0.5, 0.6) is 0 Å². The first kappa shape index (κ1) is 18.2. The van der Waals surface area contributed by atoms with E-state index in [0.717, 1.165) is 40.0 Å². The highest BCUT2D eigenvalue weighted by atomic mass is 19.1. The maximum Gasteiger partial charge on any atom is 0.252 e. The van der Waals surface area contributed by atoms with Crippen LogP contribution in [0.15, 0.2) is 59.4 Å². The first-order chi connectivity index (χ1) is 13.5. The molecule has 4 rings (SSSR count). The number of pyridine rings is 1. The smallest absolute Gasteiger partial charge is 0.252 e. The molecule has 2 heterocycles. The number of rotatable bonds is 4. The molecule has 0 atom stereocenters. The summed E-state index contributed by atoms with van der Waals surface area (Å²) in [4.78, 5) is 12.9. The van der Waals surface area contributed by atoms with E-state index in [1.807, 2.05) is 30.7 Å². The lowest BCUT2D eigenvalue weighted by atomic mass is 10.1. The third kappa shape index (κ3) is 3.13. The van der Waals surface area contributed by atoms with Crippen molar-refractivity contribution in [1.29, 1.82) is 0 Å². The Labute approximate surface area is 162 Å². The SMILES string of the molecule is CCc1ccc(-n2nc(C)c3c(C)cc(=O)n(Cc4ccc(F)cc4)c32)cc1. The van der Waals surface area contributed by atoms with Gasteiger partial charge >= 0.3 is 0 Å². The highest BCUT2D eigenvalue weighted by molar-refractivity contribution is 5.83. The molecule has 0 aliphatic carbocycles. The second-order valence-electron chi connectivity index (χ2n) is 7.09. The molecule has 0 aliphatic heterocycles. The van der Waals surface area contributed by atoms with E-state index in [0.29, 0.717) is 6.54 Å². The van der Waals surface area contributed by atoms with Crippen LogP contribution in [0.4, 0.5) is 4.39 Å². The van der Waals surface area contributed by atoms with E-state index in [9.17, 15) is 9.18 Å². The summed E-state index contributed by atoms with van der Waals surface area (Å²) in [7, 11) is 0. The van der Waals surface area contributed by atoms with E-state index >= 15 is 0 Å². The fourth-order valence-electron chi connectivity index (χ4n) is 3.64. The second kappa shape index (κ2) is 7.08. The topological polar surface area (TPSA) is 39.8 Å². The Morgan fingerprint density at radius 1 is 0.964 bits per heavy atom. The molecule has 2 aromatic carbocycles. The molecule has 2 aromatic heterocycles. The van der Waals surface area contributed by atoms with E-state index < -0.39 is 0 Å². The first-order valence-electron chi connectivity index (χ1n) is 9.41. The lowest BCUT2D eigenvalue weighted by molar-refractivity contribution is 0.626. The molecule has 0 fully saturated rings. The molecule has 0 radical (unpaired) electrons. The average Bonchev–Trinajstić information content (AvgIpc) is 3.04. The Balaban J connectivity index is 1.95. The van der Waals surface area contributed by atoms with Gasteiger partial charge in [-0.05, 0) is 61.2 Å². The molecule has 4 aromatic rings. The summed E-state index contributed by atoms with van der Waals surface area (Å²) >= 11 is 0. The quantitative estimate of drug-likeness (QED) is 0.525. The van der Waals surface area contributed by atoms with Crippen molar-refractivity contribution in [2.45, 2.75) is 33.7 Å². The minimum absolute atomic E-state index is 0.0966. The zero-order valence-corrected chi connectivity index (χ0v) is 16.2. The van der Waals surface area contributed by atoms with Crippen LogP contribution in [0, 0.1) is 19.7 Å². The molecule has 4 nitrogen and oxygen atoms in total. The monoisotopic (exact) mass is 375 g/mol. The Morgan fingerprint density at radius 3 is 2.25 bits per heavy atom. The number of hydrogen-bond donors (Lipinski definition) is 0. The molecule has 5 heteroatoms. The molecule has 0 saturated heterocycles. The molecule has 0 unspecified atom stereocenters. The molecule has 28 heavy (non-hydrogen) atoms. The van der Waals surface area contributed by atoms with Crippen LogP contribution in [0.3, 0.4) is 0 Å². The van der Waals surface area contributed by atoms with Gasteiger partial charge in [0.1, 0.15) is 11.5 Å². The van der Waals surface area contributed by atoms with Gasteiger partial charge in [-0.15, -0.1) is 0 Å². The highest BCUT2D eigenvalue weighted by Gasteiger charge is 2.17. The molecule has 0 spiro atoms. The van der Waals surface area contributed by atoms with Crippen molar-refractivity contribution in [3.8, 4) is 5.69 Å². The van der Waals surface area contributed by atoms with Gasteiger partial charge in [-0.1, -0.05) is 31.2 Å². The fraction of sp³-hybridized carbons (Fsp3) is 0.217. The third-order valence-corrected chi connectivity index (χ3v) is 5.14. The average molecular weight is 375 g/mol. The van der Waals surface area contributed by atoms with Crippen LogP contribution in [0.25, 0.3) is 16.7 Å². The fourth-order valence-corrected chi connectivity index (χ4v) is 3.64. The molecule has 0 aliphatic rings. The lowest BCUT2D eigenvalue weighted by Crippen LogP contribution is -2.22. The number of fused-ring (bicyclic) bond motifs is 1. The van der Waals surface area contributed by atoms with Gasteiger partial charge in [-0.2, -0.15) is 5.10 Å². The molecular formula is C23H22FN3O. The molecular weight excluding hydrogens is 353 g/mol. The van der Waals surface area contributed by atoms with Crippen molar-refractivity contribution < 1.29 is 4.39 Å². The van der Waals surface area contributed by atoms with E-state index in [-0.39, 0.29) is 11.4 Å². The normalized spacial score (nSPS) is 11.3. The van der Waals surface area contributed by atoms with Gasteiger partial charge in [0.25, 0.3) is 5.56 Å². The summed E-state index contributed by atoms with van der Waals surface area (Å²) in [5.41, 5.74) is 5.46. The predicted molar refractivity (Wildman–Crippen MR) is 110 cm³/mol. The van der Waals surface area contributed by atoms with Crippen molar-refractivity contribution in [1.82, 2.24) is 14.3 Å². The number of hydrogen-bond acceptors (Lipinski definition) is 2. The molecule has 0 saturated carbocycles. The summed E-state index contributed by atoms with van der Waals surface area (Å²) < 4.78 is 16.8. The molecule has 0 bridgehead atoms. The predicted octanol–water partition coefficient (Wildman–Crippen LogP) is 4.55. The van der Waals surface area contributed by atoms with Gasteiger partial charge in [0.15, 0.2) is 0 Å². The number of halogens is 1. The maximum atomic E-state index is 13.3. The summed E-state index contributed by atoms with van der Waals surface area (Å²) in [5.74, 6) is -0.290. The van der Waals surface area contributed by atoms with Crippen LogP contribution in [-0.2, 0) is 13.0 Å². The van der Waals surface area contributed by atoms with Crippen molar-refractivity contribution >= 4 is 11.0 Å². The van der Waals surface area contributed by atoms with Crippen LogP contribution in [0.2, 0.25) is 0 Å². The minimum atomic E-state index is -0.290. The van der Waals surface area contributed by atoms with Crippen molar-refractivity contribution in [2.75, 3.05) is 0 Å². The number of benzene rings is 2. The summed E-state index contributed by atoms with van der Waals surface area (Å²) in [5, 5.41) is 5.70. The number of aryl methyl sites for hydroxylation is 3. The van der Waals surface area contributed by atoms with Crippen molar-refractivity contribution in [3.05, 3.63) is 93.2 Å². The summed E-state index contributed by atoms with van der Waals surface area (Å²) in [6.07, 6.45) is 0.966. The Kier molecular flexibility index (Phi) is 4.59. The van der Waals surface area contributed by atoms with Crippen LogP contribution < -0.4 is 5.56 Å². The van der Waals surface area contributed by atoms with E-state index in [1.165, 1.54) is 17.7 Å². The zero-order chi connectivity index (χ0) is 19.8. The Hall–Kier alpha value is -3.21. The maximum absolute atomic E-state index is 13.3. The van der Waals surface area contributed by atoms with E-state index in [1.54, 1.807) is 22.8 Å². The van der Waals surface area contributed by atoms with Gasteiger partial charge in [0.05, 0.1) is 17.9 Å².